The van der Waals surface area contributed by atoms with Gasteiger partial charge in [0.05, 0.1) is 0 Å². The van der Waals surface area contributed by atoms with Crippen molar-refractivity contribution in [1.29, 1.82) is 0 Å². The number of hydrogen-bond donors (Lipinski definition) is 0. The van der Waals surface area contributed by atoms with Crippen molar-refractivity contribution in [3.05, 3.63) is 0 Å². The topological polar surface area (TPSA) is 0 Å². The van der Waals surface area contributed by atoms with Crippen molar-refractivity contribution in [2.75, 3.05) is 0 Å². The zero-order valence-electron chi connectivity index (χ0n) is 7.05. The standard InChI is InChI=1S/C10H14F2/c11-9-6-1-5-2-7(4-6)10(12)8(9)3-5/h5-10H,1-4H2/t5?,6?,7?,8?,9-,10+. The summed E-state index contributed by atoms with van der Waals surface area (Å²) in [7, 11) is 0. The molecule has 4 aliphatic rings. The molecule has 0 N–H and O–H groups in total. The third kappa shape index (κ3) is 0.763. The van der Waals surface area contributed by atoms with Crippen LogP contribution in [0, 0.1) is 23.7 Å². The van der Waals surface area contributed by atoms with Crippen LogP contribution in [0.5, 0.6) is 0 Å². The van der Waals surface area contributed by atoms with E-state index < -0.39 is 12.3 Å². The minimum absolute atomic E-state index is 0.221. The van der Waals surface area contributed by atoms with Crippen molar-refractivity contribution < 1.29 is 8.78 Å². The van der Waals surface area contributed by atoms with Crippen LogP contribution in [0.3, 0.4) is 0 Å². The van der Waals surface area contributed by atoms with Crippen LogP contribution in [0.25, 0.3) is 0 Å². The molecule has 0 aromatic heterocycles. The summed E-state index contributed by atoms with van der Waals surface area (Å²) < 4.78 is 27.0. The summed E-state index contributed by atoms with van der Waals surface area (Å²) >= 11 is 0. The number of halogens is 2. The first kappa shape index (κ1) is 7.28. The van der Waals surface area contributed by atoms with Gasteiger partial charge in [0, 0.05) is 5.92 Å². The SMILES string of the molecule is F[C@@H]1C2CC3CC(C2)[C@H](F)C1C3. The molecular formula is C10H14F2. The molecule has 0 saturated heterocycles. The highest BCUT2D eigenvalue weighted by molar-refractivity contribution is 5.03. The van der Waals surface area contributed by atoms with Crippen LogP contribution in [-0.4, -0.2) is 12.3 Å². The first-order valence-electron chi connectivity index (χ1n) is 5.04. The molecule has 0 aromatic carbocycles. The fourth-order valence-electron chi connectivity index (χ4n) is 3.77. The Morgan fingerprint density at radius 3 is 1.92 bits per heavy atom. The van der Waals surface area contributed by atoms with Gasteiger partial charge in [-0.05, 0) is 43.4 Å². The molecule has 4 fully saturated rings. The molecule has 4 unspecified atom stereocenters. The summed E-state index contributed by atoms with van der Waals surface area (Å²) in [4.78, 5) is 0. The van der Waals surface area contributed by atoms with Gasteiger partial charge in [-0.25, -0.2) is 8.78 Å². The van der Waals surface area contributed by atoms with Crippen LogP contribution in [-0.2, 0) is 0 Å². The predicted octanol–water partition coefficient (Wildman–Crippen LogP) is 2.73. The third-order valence-electron chi connectivity index (χ3n) is 4.20. The van der Waals surface area contributed by atoms with Crippen LogP contribution in [0.2, 0.25) is 0 Å². The Hall–Kier alpha value is -0.140. The van der Waals surface area contributed by atoms with Crippen molar-refractivity contribution in [2.24, 2.45) is 23.7 Å². The van der Waals surface area contributed by atoms with Crippen molar-refractivity contribution in [3.8, 4) is 0 Å². The maximum atomic E-state index is 13.5. The van der Waals surface area contributed by atoms with Crippen LogP contribution in [0.4, 0.5) is 8.78 Å². The van der Waals surface area contributed by atoms with E-state index in [0.717, 1.165) is 25.7 Å². The summed E-state index contributed by atoms with van der Waals surface area (Å²) in [5, 5.41) is 0. The van der Waals surface area contributed by atoms with Gasteiger partial charge < -0.3 is 0 Å². The molecule has 4 rings (SSSR count). The van der Waals surface area contributed by atoms with E-state index in [0.29, 0.717) is 5.92 Å². The smallest absolute Gasteiger partial charge is 0.109 e. The summed E-state index contributed by atoms with van der Waals surface area (Å²) in [6, 6.07) is 0. The molecule has 0 aromatic rings. The lowest BCUT2D eigenvalue weighted by atomic mass is 9.54. The van der Waals surface area contributed by atoms with Crippen molar-refractivity contribution in [3.63, 3.8) is 0 Å². The van der Waals surface area contributed by atoms with E-state index in [1.54, 1.807) is 0 Å². The Morgan fingerprint density at radius 2 is 1.33 bits per heavy atom. The van der Waals surface area contributed by atoms with Gasteiger partial charge in [-0.3, -0.25) is 0 Å². The molecule has 0 nitrogen and oxygen atoms in total. The van der Waals surface area contributed by atoms with E-state index in [4.69, 9.17) is 0 Å². The summed E-state index contributed by atoms with van der Waals surface area (Å²) in [6.45, 7) is 0. The Bertz CT molecular complexity index is 186. The summed E-state index contributed by atoms with van der Waals surface area (Å²) in [5.41, 5.74) is 0. The van der Waals surface area contributed by atoms with Gasteiger partial charge in [0.25, 0.3) is 0 Å². The van der Waals surface area contributed by atoms with Crippen LogP contribution < -0.4 is 0 Å². The first-order valence-corrected chi connectivity index (χ1v) is 5.04. The van der Waals surface area contributed by atoms with Crippen LogP contribution in [0.1, 0.15) is 25.7 Å². The van der Waals surface area contributed by atoms with Gasteiger partial charge in [-0.1, -0.05) is 0 Å². The largest absolute Gasteiger partial charge is 0.247 e. The highest BCUT2D eigenvalue weighted by Gasteiger charge is 2.54. The second-order valence-corrected chi connectivity index (χ2v) is 4.88. The molecule has 6 atom stereocenters. The zero-order valence-corrected chi connectivity index (χ0v) is 7.05. The maximum Gasteiger partial charge on any atom is 0.109 e. The summed E-state index contributed by atoms with van der Waals surface area (Å²) in [6.07, 6.45) is 2.12. The molecule has 4 bridgehead atoms. The normalized spacial score (nSPS) is 62.5. The molecule has 68 valence electrons. The van der Waals surface area contributed by atoms with Gasteiger partial charge in [-0.15, -0.1) is 0 Å². The average Bonchev–Trinajstić information content (AvgIpc) is 2.07. The van der Waals surface area contributed by atoms with Gasteiger partial charge >= 0.3 is 0 Å². The second kappa shape index (κ2) is 2.21. The number of rotatable bonds is 0. The van der Waals surface area contributed by atoms with Gasteiger partial charge in [0.2, 0.25) is 0 Å². The van der Waals surface area contributed by atoms with E-state index in [9.17, 15) is 8.78 Å². The van der Waals surface area contributed by atoms with Crippen molar-refractivity contribution in [1.82, 2.24) is 0 Å². The minimum atomic E-state index is -0.812. The number of hydrogen-bond acceptors (Lipinski definition) is 0. The lowest BCUT2D eigenvalue weighted by Crippen LogP contribution is -2.53. The quantitative estimate of drug-likeness (QED) is 0.527. The van der Waals surface area contributed by atoms with Crippen molar-refractivity contribution >= 4 is 0 Å². The molecule has 4 saturated carbocycles. The van der Waals surface area contributed by atoms with Gasteiger partial charge in [0.1, 0.15) is 12.3 Å². The predicted molar refractivity (Wildman–Crippen MR) is 42.2 cm³/mol. The Morgan fingerprint density at radius 1 is 0.750 bits per heavy atom. The number of alkyl halides is 2. The second-order valence-electron chi connectivity index (χ2n) is 4.88. The Kier molecular flexibility index (Phi) is 1.34. The average molecular weight is 172 g/mol. The Labute approximate surface area is 71.3 Å². The van der Waals surface area contributed by atoms with E-state index in [-0.39, 0.29) is 17.8 Å². The molecule has 12 heavy (non-hydrogen) atoms. The van der Waals surface area contributed by atoms with Crippen LogP contribution >= 0.6 is 0 Å². The minimum Gasteiger partial charge on any atom is -0.247 e. The molecular weight excluding hydrogens is 158 g/mol. The molecule has 2 heteroatoms. The molecule has 0 amide bonds. The highest BCUT2D eigenvalue weighted by atomic mass is 19.1. The summed E-state index contributed by atoms with van der Waals surface area (Å²) in [5.74, 6) is 0.887. The van der Waals surface area contributed by atoms with E-state index in [1.165, 1.54) is 0 Å². The highest BCUT2D eigenvalue weighted by Crippen LogP contribution is 2.55. The van der Waals surface area contributed by atoms with E-state index >= 15 is 0 Å². The molecule has 0 spiro atoms. The molecule has 0 radical (unpaired) electrons. The molecule has 0 aliphatic heterocycles. The first-order chi connectivity index (χ1) is 5.75. The fraction of sp³-hybridized carbons (Fsp3) is 1.00. The van der Waals surface area contributed by atoms with E-state index in [1.807, 2.05) is 0 Å². The Balaban J connectivity index is 1.93. The van der Waals surface area contributed by atoms with E-state index in [2.05, 4.69) is 0 Å². The lowest BCUT2D eigenvalue weighted by molar-refractivity contribution is -0.106. The van der Waals surface area contributed by atoms with Gasteiger partial charge in [-0.2, -0.15) is 0 Å². The van der Waals surface area contributed by atoms with Crippen molar-refractivity contribution in [2.45, 2.75) is 38.0 Å². The molecule has 0 heterocycles. The zero-order chi connectivity index (χ0) is 8.29. The van der Waals surface area contributed by atoms with Gasteiger partial charge in [0.15, 0.2) is 0 Å². The third-order valence-corrected chi connectivity index (χ3v) is 4.20. The van der Waals surface area contributed by atoms with Crippen LogP contribution in [0.15, 0.2) is 0 Å². The lowest BCUT2D eigenvalue weighted by Gasteiger charge is -2.53. The fourth-order valence-corrected chi connectivity index (χ4v) is 3.77. The monoisotopic (exact) mass is 172 g/mol. The maximum absolute atomic E-state index is 13.5. The molecule has 4 aliphatic carbocycles.